The van der Waals surface area contributed by atoms with Crippen LogP contribution in [-0.4, -0.2) is 15.9 Å². The Balaban J connectivity index is 1.82. The molecule has 0 bridgehead atoms. The summed E-state index contributed by atoms with van der Waals surface area (Å²) >= 11 is 5.56. The van der Waals surface area contributed by atoms with E-state index in [-0.39, 0.29) is 11.3 Å². The Morgan fingerprint density at radius 3 is 2.62 bits per heavy atom. The molecule has 1 aliphatic rings. The minimum absolute atomic E-state index is 0.00222. The van der Waals surface area contributed by atoms with Gasteiger partial charge in [-0.3, -0.25) is 4.79 Å². The van der Waals surface area contributed by atoms with E-state index in [9.17, 15) is 18.0 Å². The summed E-state index contributed by atoms with van der Waals surface area (Å²) in [7, 11) is 0. The SMILES string of the molecule is Cc1nc(C2CC2)ncc1C(=O)Nc1ccc(Cl)c(C(F)(F)F)c1. The molecule has 126 valence electrons. The van der Waals surface area contributed by atoms with E-state index in [0.717, 1.165) is 25.0 Å². The van der Waals surface area contributed by atoms with Crippen LogP contribution >= 0.6 is 11.6 Å². The molecule has 1 N–H and O–H groups in total. The molecule has 1 aliphatic carbocycles. The zero-order valence-corrected chi connectivity index (χ0v) is 13.4. The lowest BCUT2D eigenvalue weighted by Crippen LogP contribution is -2.16. The van der Waals surface area contributed by atoms with Gasteiger partial charge in [0.05, 0.1) is 21.8 Å². The highest BCUT2D eigenvalue weighted by molar-refractivity contribution is 6.31. The van der Waals surface area contributed by atoms with E-state index in [1.807, 2.05) is 0 Å². The fourth-order valence-corrected chi connectivity index (χ4v) is 2.49. The lowest BCUT2D eigenvalue weighted by molar-refractivity contribution is -0.137. The van der Waals surface area contributed by atoms with Gasteiger partial charge < -0.3 is 5.32 Å². The average Bonchev–Trinajstić information content (AvgIpc) is 3.32. The second kappa shape index (κ2) is 6.05. The van der Waals surface area contributed by atoms with Crippen molar-refractivity contribution in [3.05, 3.63) is 52.1 Å². The standard InChI is InChI=1S/C16H13ClF3N3O/c1-8-11(7-21-14(22-8)9-2-3-9)15(24)23-10-4-5-13(17)12(6-10)16(18,19)20/h4-7,9H,2-3H2,1H3,(H,23,24). The molecule has 0 spiro atoms. The van der Waals surface area contributed by atoms with Gasteiger partial charge in [0.15, 0.2) is 0 Å². The average molecular weight is 356 g/mol. The zero-order chi connectivity index (χ0) is 17.5. The van der Waals surface area contributed by atoms with Gasteiger partial charge in [0.1, 0.15) is 5.82 Å². The van der Waals surface area contributed by atoms with Gasteiger partial charge >= 0.3 is 6.18 Å². The Morgan fingerprint density at radius 2 is 2.04 bits per heavy atom. The number of alkyl halides is 3. The number of aromatic nitrogens is 2. The number of carbonyl (C=O) groups excluding carboxylic acids is 1. The molecule has 0 aliphatic heterocycles. The summed E-state index contributed by atoms with van der Waals surface area (Å²) < 4.78 is 38.6. The van der Waals surface area contributed by atoms with Gasteiger partial charge in [0.2, 0.25) is 0 Å². The lowest BCUT2D eigenvalue weighted by Gasteiger charge is -2.12. The number of nitrogens with one attached hydrogen (secondary N) is 1. The summed E-state index contributed by atoms with van der Waals surface area (Å²) in [6.45, 7) is 1.67. The number of nitrogens with zero attached hydrogens (tertiary/aromatic N) is 2. The molecule has 1 fully saturated rings. The summed E-state index contributed by atoms with van der Waals surface area (Å²) in [5, 5.41) is 2.00. The highest BCUT2D eigenvalue weighted by Gasteiger charge is 2.33. The number of hydrogen-bond donors (Lipinski definition) is 1. The van der Waals surface area contributed by atoms with Crippen LogP contribution in [0.4, 0.5) is 18.9 Å². The molecule has 3 rings (SSSR count). The van der Waals surface area contributed by atoms with Crippen molar-refractivity contribution in [2.45, 2.75) is 31.9 Å². The van der Waals surface area contributed by atoms with Crippen LogP contribution < -0.4 is 5.32 Å². The molecule has 2 aromatic rings. The van der Waals surface area contributed by atoms with Crippen molar-refractivity contribution in [2.75, 3.05) is 5.32 Å². The molecular weight excluding hydrogens is 343 g/mol. The van der Waals surface area contributed by atoms with Crippen LogP contribution in [0.15, 0.2) is 24.4 Å². The molecular formula is C16H13ClF3N3O. The first kappa shape index (κ1) is 16.7. The molecule has 0 saturated heterocycles. The van der Waals surface area contributed by atoms with Crippen LogP contribution in [0, 0.1) is 6.92 Å². The maximum atomic E-state index is 12.9. The summed E-state index contributed by atoms with van der Waals surface area (Å²) in [5.74, 6) is 0.492. The van der Waals surface area contributed by atoms with Crippen molar-refractivity contribution < 1.29 is 18.0 Å². The van der Waals surface area contributed by atoms with Gasteiger partial charge in [-0.25, -0.2) is 9.97 Å². The van der Waals surface area contributed by atoms with Gasteiger partial charge in [-0.05, 0) is 38.0 Å². The lowest BCUT2D eigenvalue weighted by atomic mass is 10.1. The van der Waals surface area contributed by atoms with Crippen molar-refractivity contribution in [3.8, 4) is 0 Å². The second-order valence-electron chi connectivity index (χ2n) is 5.65. The maximum Gasteiger partial charge on any atom is 0.417 e. The minimum Gasteiger partial charge on any atom is -0.322 e. The van der Waals surface area contributed by atoms with Gasteiger partial charge in [0.25, 0.3) is 5.91 Å². The molecule has 1 aromatic heterocycles. The van der Waals surface area contributed by atoms with E-state index >= 15 is 0 Å². The fourth-order valence-electron chi connectivity index (χ4n) is 2.26. The zero-order valence-electron chi connectivity index (χ0n) is 12.6. The van der Waals surface area contributed by atoms with Crippen LogP contribution in [-0.2, 0) is 6.18 Å². The molecule has 8 heteroatoms. The van der Waals surface area contributed by atoms with Gasteiger partial charge in [-0.1, -0.05) is 11.6 Å². The molecule has 1 amide bonds. The summed E-state index contributed by atoms with van der Waals surface area (Å²) in [5.41, 5.74) is -0.279. The number of aryl methyl sites for hydroxylation is 1. The molecule has 0 radical (unpaired) electrons. The second-order valence-corrected chi connectivity index (χ2v) is 6.06. The van der Waals surface area contributed by atoms with Crippen LogP contribution in [0.3, 0.4) is 0 Å². The number of amides is 1. The van der Waals surface area contributed by atoms with Gasteiger partial charge in [0, 0.05) is 17.8 Å². The van der Waals surface area contributed by atoms with Crippen molar-refractivity contribution >= 4 is 23.2 Å². The smallest absolute Gasteiger partial charge is 0.322 e. The number of hydrogen-bond acceptors (Lipinski definition) is 3. The summed E-state index contributed by atoms with van der Waals surface area (Å²) in [6, 6.07) is 3.21. The Labute approximate surface area is 141 Å². The van der Waals surface area contributed by atoms with E-state index in [0.29, 0.717) is 17.4 Å². The largest absolute Gasteiger partial charge is 0.417 e. The van der Waals surface area contributed by atoms with Crippen LogP contribution in [0.1, 0.15) is 46.2 Å². The van der Waals surface area contributed by atoms with Gasteiger partial charge in [-0.15, -0.1) is 0 Å². The van der Waals surface area contributed by atoms with Crippen LogP contribution in [0.25, 0.3) is 0 Å². The maximum absolute atomic E-state index is 12.9. The molecule has 1 heterocycles. The van der Waals surface area contributed by atoms with E-state index in [2.05, 4.69) is 15.3 Å². The van der Waals surface area contributed by atoms with Crippen molar-refractivity contribution in [1.29, 1.82) is 0 Å². The van der Waals surface area contributed by atoms with Crippen LogP contribution in [0.2, 0.25) is 5.02 Å². The molecule has 0 atom stereocenters. The first-order chi connectivity index (χ1) is 11.3. The fraction of sp³-hybridized carbons (Fsp3) is 0.312. The monoisotopic (exact) mass is 355 g/mol. The summed E-state index contributed by atoms with van der Waals surface area (Å²) in [4.78, 5) is 20.7. The molecule has 1 saturated carbocycles. The number of halogens is 4. The molecule has 24 heavy (non-hydrogen) atoms. The third kappa shape index (κ3) is 3.51. The first-order valence-electron chi connectivity index (χ1n) is 7.27. The predicted molar refractivity (Wildman–Crippen MR) is 83.2 cm³/mol. The number of benzene rings is 1. The van der Waals surface area contributed by atoms with Crippen molar-refractivity contribution in [1.82, 2.24) is 9.97 Å². The van der Waals surface area contributed by atoms with Crippen LogP contribution in [0.5, 0.6) is 0 Å². The Morgan fingerprint density at radius 1 is 1.33 bits per heavy atom. The molecule has 0 unspecified atom stereocenters. The van der Waals surface area contributed by atoms with E-state index < -0.39 is 22.7 Å². The third-order valence-corrected chi connectivity index (χ3v) is 4.04. The van der Waals surface area contributed by atoms with E-state index in [4.69, 9.17) is 11.6 Å². The Bertz CT molecular complexity index is 804. The third-order valence-electron chi connectivity index (χ3n) is 3.71. The number of carbonyl (C=O) groups is 1. The summed E-state index contributed by atoms with van der Waals surface area (Å²) in [6.07, 6.45) is -1.11. The Hall–Kier alpha value is -2.15. The van der Waals surface area contributed by atoms with E-state index in [1.54, 1.807) is 6.92 Å². The Kier molecular flexibility index (Phi) is 4.21. The minimum atomic E-state index is -4.59. The normalized spacial score (nSPS) is 14.5. The highest BCUT2D eigenvalue weighted by atomic mass is 35.5. The molecule has 4 nitrogen and oxygen atoms in total. The van der Waals surface area contributed by atoms with Crippen molar-refractivity contribution in [2.24, 2.45) is 0 Å². The number of rotatable bonds is 3. The van der Waals surface area contributed by atoms with Gasteiger partial charge in [-0.2, -0.15) is 13.2 Å². The predicted octanol–water partition coefficient (Wildman–Crippen LogP) is 4.59. The number of anilines is 1. The highest BCUT2D eigenvalue weighted by Crippen LogP contribution is 2.38. The van der Waals surface area contributed by atoms with Crippen molar-refractivity contribution in [3.63, 3.8) is 0 Å². The molecule has 1 aromatic carbocycles. The van der Waals surface area contributed by atoms with E-state index in [1.165, 1.54) is 12.3 Å². The first-order valence-corrected chi connectivity index (χ1v) is 7.65. The quantitative estimate of drug-likeness (QED) is 0.876. The topological polar surface area (TPSA) is 54.9 Å².